The molecule has 0 aromatic rings. The van der Waals surface area contributed by atoms with Gasteiger partial charge >= 0.3 is 0 Å². The first-order chi connectivity index (χ1) is 6.52. The summed E-state index contributed by atoms with van der Waals surface area (Å²) in [6.45, 7) is 12.0. The van der Waals surface area contributed by atoms with Crippen molar-refractivity contribution in [2.75, 3.05) is 13.1 Å². The lowest BCUT2D eigenvalue weighted by Gasteiger charge is -2.46. The Balaban J connectivity index is 2.41. The second kappa shape index (κ2) is 3.10. The van der Waals surface area contributed by atoms with Crippen LogP contribution in [0.25, 0.3) is 0 Å². The summed E-state index contributed by atoms with van der Waals surface area (Å²) in [7, 11) is 0. The Hall–Kier alpha value is -0.300. The van der Waals surface area contributed by atoms with Crippen LogP contribution in [0.2, 0.25) is 0 Å². The molecule has 2 heterocycles. The Bertz CT molecular complexity index is 259. The molecule has 1 atom stereocenters. The average Bonchev–Trinajstić information content (AvgIpc) is 2.58. The lowest BCUT2D eigenvalue weighted by atomic mass is 9.68. The van der Waals surface area contributed by atoms with E-state index in [0.29, 0.717) is 11.0 Å². The molecule has 2 aliphatic rings. The zero-order valence-corrected chi connectivity index (χ0v) is 10.1. The lowest BCUT2D eigenvalue weighted by molar-refractivity contribution is 0.0825. The van der Waals surface area contributed by atoms with Crippen molar-refractivity contribution < 1.29 is 0 Å². The zero-order valence-electron chi connectivity index (χ0n) is 10.1. The van der Waals surface area contributed by atoms with Crippen LogP contribution in [0.15, 0.2) is 11.6 Å². The van der Waals surface area contributed by atoms with Gasteiger partial charge in [0, 0.05) is 12.1 Å². The summed E-state index contributed by atoms with van der Waals surface area (Å²) in [5.41, 5.74) is 2.49. The van der Waals surface area contributed by atoms with Crippen molar-refractivity contribution in [1.29, 1.82) is 0 Å². The van der Waals surface area contributed by atoms with E-state index >= 15 is 0 Å². The van der Waals surface area contributed by atoms with Gasteiger partial charge in [-0.25, -0.2) is 0 Å². The molecule has 0 radical (unpaired) electrons. The second-order valence-corrected chi connectivity index (χ2v) is 5.74. The third-order valence-corrected chi connectivity index (χ3v) is 4.22. The molecule has 0 N–H and O–H groups in total. The Kier molecular flexibility index (Phi) is 2.26. The first-order valence-corrected chi connectivity index (χ1v) is 5.97. The van der Waals surface area contributed by atoms with Gasteiger partial charge in [0.1, 0.15) is 0 Å². The van der Waals surface area contributed by atoms with Crippen LogP contribution in [0.3, 0.4) is 0 Å². The van der Waals surface area contributed by atoms with Gasteiger partial charge in [-0.2, -0.15) is 0 Å². The SMILES string of the molecule is CCC1=CCN2CCCC12C(C)(C)C. The van der Waals surface area contributed by atoms with E-state index in [-0.39, 0.29) is 0 Å². The van der Waals surface area contributed by atoms with Gasteiger partial charge in [-0.05, 0) is 31.2 Å². The highest BCUT2D eigenvalue weighted by Gasteiger charge is 2.53. The summed E-state index contributed by atoms with van der Waals surface area (Å²) in [6.07, 6.45) is 6.46. The molecule has 0 aromatic heterocycles. The van der Waals surface area contributed by atoms with Gasteiger partial charge in [0.05, 0.1) is 0 Å². The van der Waals surface area contributed by atoms with Gasteiger partial charge in [-0.3, -0.25) is 4.90 Å². The van der Waals surface area contributed by atoms with Gasteiger partial charge in [-0.1, -0.05) is 39.3 Å². The van der Waals surface area contributed by atoms with Crippen molar-refractivity contribution in [1.82, 2.24) is 4.90 Å². The van der Waals surface area contributed by atoms with Crippen molar-refractivity contribution in [3.05, 3.63) is 11.6 Å². The van der Waals surface area contributed by atoms with E-state index in [1.54, 1.807) is 5.57 Å². The van der Waals surface area contributed by atoms with Crippen LogP contribution in [-0.2, 0) is 0 Å². The standard InChI is InChI=1S/C13H23N/c1-5-11-7-10-14-9-6-8-13(11,14)12(2,3)4/h7H,5-6,8-10H2,1-4H3. The lowest BCUT2D eigenvalue weighted by Crippen LogP contribution is -2.51. The van der Waals surface area contributed by atoms with Crippen LogP contribution in [0.1, 0.15) is 47.0 Å². The topological polar surface area (TPSA) is 3.24 Å². The van der Waals surface area contributed by atoms with E-state index in [1.807, 2.05) is 0 Å². The summed E-state index contributed by atoms with van der Waals surface area (Å²) in [5, 5.41) is 0. The Morgan fingerprint density at radius 2 is 2.14 bits per heavy atom. The van der Waals surface area contributed by atoms with Gasteiger partial charge in [0.2, 0.25) is 0 Å². The van der Waals surface area contributed by atoms with Crippen LogP contribution in [0.4, 0.5) is 0 Å². The van der Waals surface area contributed by atoms with Crippen LogP contribution >= 0.6 is 0 Å². The third-order valence-electron chi connectivity index (χ3n) is 4.22. The fraction of sp³-hybridized carbons (Fsp3) is 0.846. The highest BCUT2D eigenvalue weighted by Crippen LogP contribution is 2.51. The van der Waals surface area contributed by atoms with Crippen molar-refractivity contribution in [3.63, 3.8) is 0 Å². The third kappa shape index (κ3) is 1.11. The summed E-state index contributed by atoms with van der Waals surface area (Å²) < 4.78 is 0. The zero-order chi connectivity index (χ0) is 10.4. The molecule has 1 nitrogen and oxygen atoms in total. The highest BCUT2D eigenvalue weighted by molar-refractivity contribution is 5.32. The number of rotatable bonds is 1. The fourth-order valence-corrected chi connectivity index (χ4v) is 3.64. The average molecular weight is 193 g/mol. The molecule has 0 saturated carbocycles. The quantitative estimate of drug-likeness (QED) is 0.578. The second-order valence-electron chi connectivity index (χ2n) is 5.74. The number of hydrogen-bond acceptors (Lipinski definition) is 1. The molecule has 14 heavy (non-hydrogen) atoms. The molecule has 0 aliphatic carbocycles. The maximum Gasteiger partial charge on any atom is 0.0472 e. The van der Waals surface area contributed by atoms with Gasteiger partial charge in [-0.15, -0.1) is 0 Å². The number of fused-ring (bicyclic) bond motifs is 1. The first-order valence-electron chi connectivity index (χ1n) is 5.97. The smallest absolute Gasteiger partial charge is 0.0472 e. The molecule has 0 spiro atoms. The predicted molar refractivity (Wildman–Crippen MR) is 61.4 cm³/mol. The fourth-order valence-electron chi connectivity index (χ4n) is 3.64. The van der Waals surface area contributed by atoms with Gasteiger partial charge < -0.3 is 0 Å². The number of nitrogens with zero attached hydrogens (tertiary/aromatic N) is 1. The van der Waals surface area contributed by atoms with E-state index in [2.05, 4.69) is 38.7 Å². The summed E-state index contributed by atoms with van der Waals surface area (Å²) in [4.78, 5) is 2.70. The van der Waals surface area contributed by atoms with Crippen molar-refractivity contribution in [2.45, 2.75) is 52.5 Å². The van der Waals surface area contributed by atoms with Crippen molar-refractivity contribution in [2.24, 2.45) is 5.41 Å². The minimum absolute atomic E-state index is 0.391. The highest BCUT2D eigenvalue weighted by atomic mass is 15.2. The maximum atomic E-state index is 2.70. The molecule has 1 saturated heterocycles. The predicted octanol–water partition coefficient (Wildman–Crippen LogP) is 3.22. The minimum Gasteiger partial charge on any atom is -0.290 e. The van der Waals surface area contributed by atoms with Crippen molar-refractivity contribution in [3.8, 4) is 0 Å². The van der Waals surface area contributed by atoms with E-state index in [1.165, 1.54) is 32.4 Å². The van der Waals surface area contributed by atoms with E-state index in [0.717, 1.165) is 0 Å². The van der Waals surface area contributed by atoms with Gasteiger partial charge in [0.15, 0.2) is 0 Å². The van der Waals surface area contributed by atoms with Crippen LogP contribution in [0.5, 0.6) is 0 Å². The molecule has 1 fully saturated rings. The summed E-state index contributed by atoms with van der Waals surface area (Å²) in [5.74, 6) is 0. The molecule has 0 aromatic carbocycles. The van der Waals surface area contributed by atoms with Crippen molar-refractivity contribution >= 4 is 0 Å². The molecular formula is C13H23N. The van der Waals surface area contributed by atoms with Gasteiger partial charge in [0.25, 0.3) is 0 Å². The molecule has 1 unspecified atom stereocenters. The summed E-state index contributed by atoms with van der Waals surface area (Å²) in [6, 6.07) is 0. The monoisotopic (exact) mass is 193 g/mol. The normalized spacial score (nSPS) is 33.3. The molecule has 80 valence electrons. The molecule has 0 bridgehead atoms. The minimum atomic E-state index is 0.391. The van der Waals surface area contributed by atoms with Crippen LogP contribution in [0, 0.1) is 5.41 Å². The Labute approximate surface area is 88.2 Å². The maximum absolute atomic E-state index is 2.70. The van der Waals surface area contributed by atoms with Crippen LogP contribution < -0.4 is 0 Å². The van der Waals surface area contributed by atoms with E-state index in [9.17, 15) is 0 Å². The molecule has 1 heteroatoms. The Morgan fingerprint density at radius 1 is 1.43 bits per heavy atom. The van der Waals surface area contributed by atoms with E-state index < -0.39 is 0 Å². The molecular weight excluding hydrogens is 170 g/mol. The molecule has 2 rings (SSSR count). The first kappa shape index (κ1) is 10.2. The molecule has 0 amide bonds. The van der Waals surface area contributed by atoms with E-state index in [4.69, 9.17) is 0 Å². The van der Waals surface area contributed by atoms with Crippen LogP contribution in [-0.4, -0.2) is 23.5 Å². The Morgan fingerprint density at radius 3 is 2.71 bits per heavy atom. The summed E-state index contributed by atoms with van der Waals surface area (Å²) >= 11 is 0. The molecule has 2 aliphatic heterocycles. The number of hydrogen-bond donors (Lipinski definition) is 0. The largest absolute Gasteiger partial charge is 0.290 e.